The summed E-state index contributed by atoms with van der Waals surface area (Å²) in [5, 5.41) is 4.97. The van der Waals surface area contributed by atoms with E-state index in [-0.39, 0.29) is 37.6 Å². The Labute approximate surface area is 387 Å². The third-order valence-corrected chi connectivity index (χ3v) is 11.2. The van der Waals surface area contributed by atoms with E-state index in [1.807, 2.05) is 55.5 Å². The summed E-state index contributed by atoms with van der Waals surface area (Å²) in [6.45, 7) is 3.80. The zero-order valence-electron chi connectivity index (χ0n) is 36.3. The fraction of sp³-hybridized carbons (Fsp3) is 0.255. The number of anilines is 2. The van der Waals surface area contributed by atoms with E-state index in [2.05, 4.69) is 35.6 Å². The Hall–Kier alpha value is -6.69. The number of pyridine rings is 1. The number of alkyl halides is 3. The molecule has 4 aromatic carbocycles. The highest BCUT2D eigenvalue weighted by atomic mass is 35.5. The van der Waals surface area contributed by atoms with Crippen LogP contribution in [0.15, 0.2) is 96.1 Å². The maximum atomic E-state index is 17.1. The Kier molecular flexibility index (Phi) is 14.8. The fourth-order valence-electron chi connectivity index (χ4n) is 7.33. The highest BCUT2D eigenvalue weighted by Gasteiger charge is 2.40. The number of nitrogens with zero attached hydrogens (tertiary/aromatic N) is 5. The first-order valence-corrected chi connectivity index (χ1v) is 21.2. The molecule has 3 heterocycles. The molecular formula is C47H44Cl2F4N8O5. The molecule has 0 radical (unpaired) electrons. The summed E-state index contributed by atoms with van der Waals surface area (Å²) in [5.74, 6) is 0.761. The first-order chi connectivity index (χ1) is 31.7. The molecule has 0 aliphatic carbocycles. The Balaban J connectivity index is 1.24. The predicted molar refractivity (Wildman–Crippen MR) is 245 cm³/mol. The van der Waals surface area contributed by atoms with Gasteiger partial charge in [0.15, 0.2) is 11.6 Å². The minimum atomic E-state index is -5.05. The molecule has 0 spiro atoms. The van der Waals surface area contributed by atoms with Crippen LogP contribution in [0.4, 0.5) is 29.2 Å². The largest absolute Gasteiger partial charge is 0.497 e. The van der Waals surface area contributed by atoms with E-state index in [0.29, 0.717) is 29.6 Å². The molecule has 344 valence electrons. The summed E-state index contributed by atoms with van der Waals surface area (Å²) < 4.78 is 84.7. The zero-order valence-corrected chi connectivity index (χ0v) is 37.8. The van der Waals surface area contributed by atoms with Gasteiger partial charge in [-0.3, -0.25) is 14.8 Å². The van der Waals surface area contributed by atoms with Gasteiger partial charge in [-0.05, 0) is 90.2 Å². The SMILES string of the molecule is COc1ccc(CNc2nccnc2C(C)NCCOc2c(Cl)c(-c3nc(N(Cc4ccc(OC)cc4)Cc4ccc(OC)cc4)cc(C)c3C(F)(F)F)c(F)c3nc(Cl)[nH]c(=O)c23)cc1. The molecular weight excluding hydrogens is 903 g/mol. The van der Waals surface area contributed by atoms with Crippen LogP contribution in [0, 0.1) is 12.7 Å². The molecule has 66 heavy (non-hydrogen) atoms. The van der Waals surface area contributed by atoms with Crippen molar-refractivity contribution in [3.63, 3.8) is 0 Å². The van der Waals surface area contributed by atoms with E-state index in [0.717, 1.165) is 22.4 Å². The molecule has 0 aliphatic heterocycles. The molecule has 13 nitrogen and oxygen atoms in total. The van der Waals surface area contributed by atoms with Gasteiger partial charge in [0.25, 0.3) is 5.56 Å². The summed E-state index contributed by atoms with van der Waals surface area (Å²) in [5.41, 5.74) is -1.63. The van der Waals surface area contributed by atoms with E-state index in [1.54, 1.807) is 48.7 Å². The second-order valence-corrected chi connectivity index (χ2v) is 15.7. The van der Waals surface area contributed by atoms with Crippen molar-refractivity contribution in [1.82, 2.24) is 30.2 Å². The van der Waals surface area contributed by atoms with Crippen LogP contribution in [-0.4, -0.2) is 59.4 Å². The van der Waals surface area contributed by atoms with E-state index in [9.17, 15) is 4.79 Å². The standard InChI is InChI=1S/C47H44Cl2F4N8O5/c1-26-22-34(61(24-29-8-14-32(64-4)15-9-29)25-30-10-16-33(65-5)17-11-30)58-41(37(26)47(51,52)53)35-38(48)43(36-42(39(35)50)59-46(49)60-45(36)62)66-21-20-54-27(2)40-44(56-19-18-55-40)57-23-28-6-12-31(63-3)13-7-28/h6-19,22,27,54H,20-21,23-25H2,1-5H3,(H,56,57)(H,59,60,62). The summed E-state index contributed by atoms with van der Waals surface area (Å²) in [6, 6.07) is 22.7. The fourth-order valence-corrected chi connectivity index (χ4v) is 7.82. The molecule has 19 heteroatoms. The molecule has 1 unspecified atom stereocenters. The Morgan fingerprint density at radius 3 is 1.94 bits per heavy atom. The van der Waals surface area contributed by atoms with Gasteiger partial charge in [0.05, 0.1) is 54.9 Å². The lowest BCUT2D eigenvalue weighted by Gasteiger charge is -2.27. The van der Waals surface area contributed by atoms with Crippen molar-refractivity contribution in [3.05, 3.63) is 151 Å². The van der Waals surface area contributed by atoms with Crippen LogP contribution < -0.4 is 40.0 Å². The number of aromatic nitrogens is 5. The number of H-pyrrole nitrogens is 1. The normalized spacial score (nSPS) is 11.9. The summed E-state index contributed by atoms with van der Waals surface area (Å²) in [4.78, 5) is 35.0. The number of nitrogens with one attached hydrogen (secondary N) is 3. The van der Waals surface area contributed by atoms with Crippen molar-refractivity contribution in [1.29, 1.82) is 0 Å². The van der Waals surface area contributed by atoms with Crippen molar-refractivity contribution >= 4 is 45.7 Å². The van der Waals surface area contributed by atoms with Crippen LogP contribution in [0.3, 0.4) is 0 Å². The number of methoxy groups -OCH3 is 3. The minimum Gasteiger partial charge on any atom is -0.497 e. The molecule has 3 aromatic heterocycles. The van der Waals surface area contributed by atoms with Crippen LogP contribution in [0.5, 0.6) is 23.0 Å². The molecule has 3 N–H and O–H groups in total. The third-order valence-electron chi connectivity index (χ3n) is 10.6. The Morgan fingerprint density at radius 1 is 0.818 bits per heavy atom. The quantitative estimate of drug-likeness (QED) is 0.0427. The lowest BCUT2D eigenvalue weighted by Crippen LogP contribution is -2.26. The molecule has 7 rings (SSSR count). The molecule has 0 amide bonds. The number of fused-ring (bicyclic) bond motifs is 1. The number of benzene rings is 4. The number of halogens is 6. The second kappa shape index (κ2) is 20.6. The summed E-state index contributed by atoms with van der Waals surface area (Å²) >= 11 is 13.1. The van der Waals surface area contributed by atoms with Gasteiger partial charge in [0.1, 0.15) is 46.4 Å². The smallest absolute Gasteiger partial charge is 0.418 e. The second-order valence-electron chi connectivity index (χ2n) is 15.0. The minimum absolute atomic E-state index is 0.0668. The van der Waals surface area contributed by atoms with Gasteiger partial charge in [-0.2, -0.15) is 13.2 Å². The molecule has 0 fully saturated rings. The van der Waals surface area contributed by atoms with E-state index >= 15 is 17.6 Å². The van der Waals surface area contributed by atoms with Crippen LogP contribution in [0.2, 0.25) is 10.3 Å². The van der Waals surface area contributed by atoms with E-state index in [4.69, 9.17) is 42.1 Å². The monoisotopic (exact) mass is 946 g/mol. The van der Waals surface area contributed by atoms with Crippen molar-refractivity contribution in [2.45, 2.75) is 45.7 Å². The Bertz CT molecular complexity index is 2820. The number of aromatic amines is 1. The van der Waals surface area contributed by atoms with Crippen LogP contribution >= 0.6 is 23.2 Å². The van der Waals surface area contributed by atoms with Crippen molar-refractivity contribution in [2.75, 3.05) is 44.7 Å². The Morgan fingerprint density at radius 2 is 1.38 bits per heavy atom. The molecule has 0 bridgehead atoms. The highest BCUT2D eigenvalue weighted by Crippen LogP contribution is 2.47. The maximum Gasteiger partial charge on any atom is 0.418 e. The van der Waals surface area contributed by atoms with Gasteiger partial charge >= 0.3 is 6.18 Å². The highest BCUT2D eigenvalue weighted by molar-refractivity contribution is 6.36. The van der Waals surface area contributed by atoms with Gasteiger partial charge in [-0.15, -0.1) is 0 Å². The van der Waals surface area contributed by atoms with E-state index < -0.39 is 67.4 Å². The van der Waals surface area contributed by atoms with Crippen molar-refractivity contribution < 1.29 is 36.5 Å². The summed E-state index contributed by atoms with van der Waals surface area (Å²) in [6.07, 6.45) is -1.94. The predicted octanol–water partition coefficient (Wildman–Crippen LogP) is 10.1. The van der Waals surface area contributed by atoms with Crippen molar-refractivity contribution in [2.24, 2.45) is 0 Å². The average Bonchev–Trinajstić information content (AvgIpc) is 3.30. The van der Waals surface area contributed by atoms with Gasteiger partial charge in [-0.1, -0.05) is 48.0 Å². The molecule has 1 atom stereocenters. The average molecular weight is 948 g/mol. The molecule has 0 saturated carbocycles. The maximum absolute atomic E-state index is 17.1. The lowest BCUT2D eigenvalue weighted by molar-refractivity contribution is -0.137. The third kappa shape index (κ3) is 10.7. The first kappa shape index (κ1) is 47.3. The number of hydrogen-bond acceptors (Lipinski definition) is 12. The molecule has 0 saturated heterocycles. The zero-order chi connectivity index (χ0) is 47.1. The van der Waals surface area contributed by atoms with Crippen molar-refractivity contribution in [3.8, 4) is 34.3 Å². The number of hydrogen-bond donors (Lipinski definition) is 3. The topological polar surface area (TPSA) is 149 Å². The van der Waals surface area contributed by atoms with E-state index in [1.165, 1.54) is 27.2 Å². The first-order valence-electron chi connectivity index (χ1n) is 20.4. The van der Waals surface area contributed by atoms with Gasteiger partial charge in [-0.25, -0.2) is 19.3 Å². The molecule has 0 aliphatic rings. The number of ether oxygens (including phenoxy) is 4. The van der Waals surface area contributed by atoms with Gasteiger partial charge in [0, 0.05) is 38.6 Å². The van der Waals surface area contributed by atoms with Gasteiger partial charge < -0.3 is 34.5 Å². The number of rotatable bonds is 18. The van der Waals surface area contributed by atoms with Crippen LogP contribution in [-0.2, 0) is 25.8 Å². The number of aryl methyl sites for hydroxylation is 1. The summed E-state index contributed by atoms with van der Waals surface area (Å²) in [7, 11) is 4.66. The van der Waals surface area contributed by atoms with Crippen LogP contribution in [0.1, 0.15) is 46.5 Å². The van der Waals surface area contributed by atoms with Gasteiger partial charge in [0.2, 0.25) is 5.28 Å². The molecule has 7 aromatic rings. The lowest BCUT2D eigenvalue weighted by atomic mass is 9.98. The van der Waals surface area contributed by atoms with Crippen LogP contribution in [0.25, 0.3) is 22.2 Å².